The molecule has 0 bridgehead atoms. The number of halogens is 2. The number of amides is 1. The van der Waals surface area contributed by atoms with Gasteiger partial charge < -0.3 is 18.9 Å². The van der Waals surface area contributed by atoms with E-state index >= 15 is 0 Å². The Kier molecular flexibility index (Phi) is 11.5. The molecule has 3 aromatic rings. The maximum absolute atomic E-state index is 12.7. The highest BCUT2D eigenvalue weighted by molar-refractivity contribution is 14.1. The molecule has 1 N–H and O–H groups in total. The van der Waals surface area contributed by atoms with Crippen LogP contribution in [0.1, 0.15) is 48.7 Å². The summed E-state index contributed by atoms with van der Waals surface area (Å²) in [5.74, 6) is 2.07. The van der Waals surface area contributed by atoms with Crippen molar-refractivity contribution in [1.29, 1.82) is 0 Å². The Balaban J connectivity index is 1.70. The predicted molar refractivity (Wildman–Crippen MR) is 157 cm³/mol. The number of hydrogen-bond acceptors (Lipinski definition) is 6. The summed E-state index contributed by atoms with van der Waals surface area (Å²) in [7, 11) is 0. The molecule has 0 aliphatic rings. The van der Waals surface area contributed by atoms with Gasteiger partial charge in [0.25, 0.3) is 5.91 Å². The molecule has 3 aromatic carbocycles. The molecule has 1 amide bonds. The van der Waals surface area contributed by atoms with Gasteiger partial charge in [0.05, 0.1) is 29.6 Å². The zero-order valence-electron chi connectivity index (χ0n) is 21.1. The molecule has 196 valence electrons. The number of nitrogens with zero attached hydrogens (tertiary/aromatic N) is 1. The van der Waals surface area contributed by atoms with Gasteiger partial charge in [-0.05, 0) is 96.5 Å². The first-order valence-corrected chi connectivity index (χ1v) is 13.9. The van der Waals surface area contributed by atoms with E-state index < -0.39 is 0 Å². The molecule has 7 nitrogen and oxygen atoms in total. The van der Waals surface area contributed by atoms with Crippen LogP contribution in [0.2, 0.25) is 0 Å². The molecule has 37 heavy (non-hydrogen) atoms. The summed E-state index contributed by atoms with van der Waals surface area (Å²) in [4.78, 5) is 12.7. The van der Waals surface area contributed by atoms with Crippen molar-refractivity contribution in [3.05, 3.63) is 79.3 Å². The van der Waals surface area contributed by atoms with Gasteiger partial charge in [-0.2, -0.15) is 5.10 Å². The fourth-order valence-electron chi connectivity index (χ4n) is 3.28. The van der Waals surface area contributed by atoms with Crippen molar-refractivity contribution in [2.45, 2.75) is 33.8 Å². The number of carbonyl (C=O) groups is 1. The second-order valence-corrected chi connectivity index (χ2v) is 9.90. The quantitative estimate of drug-likeness (QED) is 0.120. The van der Waals surface area contributed by atoms with Crippen LogP contribution < -0.4 is 24.4 Å². The van der Waals surface area contributed by atoms with E-state index in [1.165, 1.54) is 0 Å². The molecule has 0 radical (unpaired) electrons. The van der Waals surface area contributed by atoms with E-state index in [0.29, 0.717) is 55.0 Å². The summed E-state index contributed by atoms with van der Waals surface area (Å²) in [6.45, 7) is 7.78. The maximum Gasteiger partial charge on any atom is 0.271 e. The van der Waals surface area contributed by atoms with Gasteiger partial charge in [0.1, 0.15) is 6.61 Å². The molecular weight excluding hydrogens is 651 g/mol. The van der Waals surface area contributed by atoms with Crippen LogP contribution in [0, 0.1) is 3.57 Å². The topological polar surface area (TPSA) is 78.4 Å². The summed E-state index contributed by atoms with van der Waals surface area (Å²) in [6.07, 6.45) is 2.45. The number of hydrogen-bond donors (Lipinski definition) is 1. The first kappa shape index (κ1) is 28.8. The number of hydrazone groups is 1. The van der Waals surface area contributed by atoms with Gasteiger partial charge >= 0.3 is 0 Å². The third kappa shape index (κ3) is 8.63. The van der Waals surface area contributed by atoms with Crippen LogP contribution in [0.3, 0.4) is 0 Å². The Bertz CT molecular complexity index is 1220. The molecule has 0 aliphatic carbocycles. The minimum absolute atomic E-state index is 0.353. The van der Waals surface area contributed by atoms with Crippen LogP contribution in [-0.4, -0.2) is 31.9 Å². The van der Waals surface area contributed by atoms with E-state index in [4.69, 9.17) is 18.9 Å². The van der Waals surface area contributed by atoms with Crippen LogP contribution in [0.15, 0.2) is 64.2 Å². The minimum Gasteiger partial charge on any atom is -0.490 e. The van der Waals surface area contributed by atoms with Crippen LogP contribution in [0.5, 0.6) is 23.0 Å². The van der Waals surface area contributed by atoms with Gasteiger partial charge in [0.2, 0.25) is 0 Å². The van der Waals surface area contributed by atoms with Crippen molar-refractivity contribution in [1.82, 2.24) is 5.43 Å². The van der Waals surface area contributed by atoms with Gasteiger partial charge in [0.15, 0.2) is 23.0 Å². The van der Waals surface area contributed by atoms with Crippen LogP contribution in [-0.2, 0) is 6.61 Å². The zero-order chi connectivity index (χ0) is 26.6. The smallest absolute Gasteiger partial charge is 0.271 e. The number of nitrogens with one attached hydrogen (secondary N) is 1. The molecule has 0 fully saturated rings. The Labute approximate surface area is 239 Å². The highest BCUT2D eigenvalue weighted by atomic mass is 127. The van der Waals surface area contributed by atoms with Crippen molar-refractivity contribution >= 4 is 50.6 Å². The summed E-state index contributed by atoms with van der Waals surface area (Å²) in [6, 6.07) is 16.8. The molecule has 3 rings (SSSR count). The Morgan fingerprint density at radius 3 is 2.35 bits per heavy atom. The van der Waals surface area contributed by atoms with Crippen molar-refractivity contribution in [3.63, 3.8) is 0 Å². The number of benzene rings is 3. The fraction of sp³-hybridized carbons (Fsp3) is 0.286. The Hall–Kier alpha value is -2.79. The molecule has 0 spiro atoms. The lowest BCUT2D eigenvalue weighted by Crippen LogP contribution is -2.18. The van der Waals surface area contributed by atoms with E-state index in [-0.39, 0.29) is 5.91 Å². The van der Waals surface area contributed by atoms with Gasteiger partial charge in [0, 0.05) is 10.0 Å². The van der Waals surface area contributed by atoms with E-state index in [0.717, 1.165) is 25.6 Å². The average Bonchev–Trinajstić information content (AvgIpc) is 2.88. The highest BCUT2D eigenvalue weighted by Gasteiger charge is 2.14. The molecule has 9 heteroatoms. The lowest BCUT2D eigenvalue weighted by Gasteiger charge is -2.15. The fourth-order valence-corrected chi connectivity index (χ4v) is 4.33. The van der Waals surface area contributed by atoms with E-state index in [1.54, 1.807) is 24.4 Å². The normalized spacial score (nSPS) is 10.8. The molecule has 0 aromatic heterocycles. The number of rotatable bonds is 13. The maximum atomic E-state index is 12.7. The second kappa shape index (κ2) is 14.8. The second-order valence-electron chi connectivity index (χ2n) is 7.82. The van der Waals surface area contributed by atoms with Crippen molar-refractivity contribution in [3.8, 4) is 23.0 Å². The molecule has 0 aliphatic heterocycles. The summed E-state index contributed by atoms with van der Waals surface area (Å²) >= 11 is 5.66. The molecule has 0 atom stereocenters. The largest absolute Gasteiger partial charge is 0.490 e. The third-order valence-corrected chi connectivity index (χ3v) is 6.31. The Morgan fingerprint density at radius 2 is 1.65 bits per heavy atom. The minimum atomic E-state index is -0.353. The monoisotopic (exact) mass is 680 g/mol. The van der Waals surface area contributed by atoms with E-state index in [1.807, 2.05) is 57.2 Å². The molecule has 0 saturated carbocycles. The molecular formula is C28H30BrIN2O5. The highest BCUT2D eigenvalue weighted by Crippen LogP contribution is 2.34. The Morgan fingerprint density at radius 1 is 0.919 bits per heavy atom. The van der Waals surface area contributed by atoms with Crippen molar-refractivity contribution in [2.75, 3.05) is 19.8 Å². The van der Waals surface area contributed by atoms with E-state index in [9.17, 15) is 4.79 Å². The van der Waals surface area contributed by atoms with Gasteiger partial charge in [-0.3, -0.25) is 4.79 Å². The first-order valence-electron chi connectivity index (χ1n) is 12.0. The molecule has 0 unspecified atom stereocenters. The van der Waals surface area contributed by atoms with Crippen molar-refractivity contribution < 1.29 is 23.7 Å². The van der Waals surface area contributed by atoms with Crippen molar-refractivity contribution in [2.24, 2.45) is 5.10 Å². The lowest BCUT2D eigenvalue weighted by atomic mass is 10.2. The summed E-state index contributed by atoms with van der Waals surface area (Å²) in [5, 5.41) is 4.14. The standard InChI is InChI=1S/C28H30BrIN2O5/c1-4-13-36-24-12-9-21(16-25(24)34-5-2)28(33)32-31-17-20-14-23(30)27(26(15-20)35-6-3)37-18-19-7-10-22(29)11-8-19/h7-12,14-17H,4-6,13,18H2,1-3H3,(H,32,33)/b31-17+. The van der Waals surface area contributed by atoms with Crippen LogP contribution >= 0.6 is 38.5 Å². The van der Waals surface area contributed by atoms with Crippen LogP contribution in [0.25, 0.3) is 0 Å². The number of ether oxygens (including phenoxy) is 4. The SMILES string of the molecule is CCCOc1ccc(C(=O)N/N=C/c2cc(I)c(OCc3ccc(Br)cc3)c(OCC)c2)cc1OCC. The lowest BCUT2D eigenvalue weighted by molar-refractivity contribution is 0.0954. The summed E-state index contributed by atoms with van der Waals surface area (Å²) < 4.78 is 25.1. The zero-order valence-corrected chi connectivity index (χ0v) is 24.8. The van der Waals surface area contributed by atoms with Gasteiger partial charge in [-0.15, -0.1) is 0 Å². The van der Waals surface area contributed by atoms with Gasteiger partial charge in [-0.1, -0.05) is 35.0 Å². The first-order chi connectivity index (χ1) is 17.9. The summed E-state index contributed by atoms with van der Waals surface area (Å²) in [5.41, 5.74) is 4.81. The van der Waals surface area contributed by atoms with Gasteiger partial charge in [-0.25, -0.2) is 5.43 Å². The van der Waals surface area contributed by atoms with E-state index in [2.05, 4.69) is 49.0 Å². The number of carbonyl (C=O) groups excluding carboxylic acids is 1. The molecule has 0 saturated heterocycles. The molecule has 0 heterocycles. The average molecular weight is 681 g/mol. The van der Waals surface area contributed by atoms with Crippen LogP contribution in [0.4, 0.5) is 0 Å². The third-order valence-electron chi connectivity index (χ3n) is 4.98. The predicted octanol–water partition coefficient (Wildman–Crippen LogP) is 6.98.